The number of amides is 2. The Hall–Kier alpha value is -2.15. The second kappa shape index (κ2) is 7.61. The van der Waals surface area contributed by atoms with Gasteiger partial charge in [-0.05, 0) is 39.8 Å². The molecule has 0 aliphatic rings. The molecule has 0 aliphatic heterocycles. The van der Waals surface area contributed by atoms with Crippen LogP contribution in [0.25, 0.3) is 0 Å². The molecule has 0 spiro atoms. The quantitative estimate of drug-likeness (QED) is 0.872. The fourth-order valence-electron chi connectivity index (χ4n) is 2.21. The zero-order chi connectivity index (χ0) is 17.7. The summed E-state index contributed by atoms with van der Waals surface area (Å²) in [4.78, 5) is 12.8. The van der Waals surface area contributed by atoms with Crippen molar-refractivity contribution in [3.8, 4) is 0 Å². The molecular formula is C17H24N4O2S. The molecule has 0 fully saturated rings. The zero-order valence-corrected chi connectivity index (χ0v) is 15.3. The van der Waals surface area contributed by atoms with Crippen LogP contribution in [0.15, 0.2) is 41.3 Å². The Labute approximate surface area is 145 Å². The molecule has 7 heteroatoms. The van der Waals surface area contributed by atoms with Crippen molar-refractivity contribution in [2.24, 2.45) is 0 Å². The first-order valence-corrected chi connectivity index (χ1v) is 9.14. The summed E-state index contributed by atoms with van der Waals surface area (Å²) in [6, 6.07) is 10.7. The van der Waals surface area contributed by atoms with E-state index >= 15 is 0 Å². The maximum Gasteiger partial charge on any atom is 0.320 e. The van der Waals surface area contributed by atoms with E-state index in [1.165, 1.54) is 0 Å². The normalized spacial score (nSPS) is 12.7. The van der Waals surface area contributed by atoms with Crippen molar-refractivity contribution in [3.05, 3.63) is 42.1 Å². The van der Waals surface area contributed by atoms with Crippen LogP contribution in [0.4, 0.5) is 10.6 Å². The summed E-state index contributed by atoms with van der Waals surface area (Å²) in [5.41, 5.74) is 0.608. The molecule has 2 rings (SSSR count). The van der Waals surface area contributed by atoms with E-state index in [0.717, 1.165) is 10.6 Å². The first-order chi connectivity index (χ1) is 11.3. The minimum Gasteiger partial charge on any atom is -0.337 e. The molecule has 2 N–H and O–H groups in total. The monoisotopic (exact) mass is 348 g/mol. The molecule has 2 amide bonds. The average molecular weight is 348 g/mol. The number of anilines is 1. The van der Waals surface area contributed by atoms with E-state index in [-0.39, 0.29) is 11.6 Å². The molecule has 6 nitrogen and oxygen atoms in total. The van der Waals surface area contributed by atoms with Crippen LogP contribution < -0.4 is 10.6 Å². The van der Waals surface area contributed by atoms with Gasteiger partial charge in [0.15, 0.2) is 0 Å². The fourth-order valence-corrected chi connectivity index (χ4v) is 3.19. The number of benzene rings is 1. The lowest BCUT2D eigenvalue weighted by molar-refractivity contribution is 0.252. The molecule has 0 aliphatic carbocycles. The van der Waals surface area contributed by atoms with Crippen LogP contribution in [0.5, 0.6) is 0 Å². The van der Waals surface area contributed by atoms with Gasteiger partial charge in [-0.1, -0.05) is 18.2 Å². The lowest BCUT2D eigenvalue weighted by Gasteiger charge is -2.22. The Bertz CT molecular complexity index is 720. The molecule has 0 bridgehead atoms. The number of aryl methyl sites for hydroxylation is 1. The van der Waals surface area contributed by atoms with Crippen LogP contribution in [-0.2, 0) is 16.3 Å². The molecule has 0 radical (unpaired) electrons. The summed E-state index contributed by atoms with van der Waals surface area (Å²) in [5, 5.41) is 9.95. The zero-order valence-electron chi connectivity index (χ0n) is 14.5. The van der Waals surface area contributed by atoms with E-state index in [1.807, 2.05) is 64.1 Å². The number of nitrogens with one attached hydrogen (secondary N) is 2. The van der Waals surface area contributed by atoms with Crippen LogP contribution >= 0.6 is 0 Å². The number of hydrogen-bond acceptors (Lipinski definition) is 3. The number of hydrogen-bond donors (Lipinski definition) is 2. The SMILES string of the molecule is Cc1cc(NC(=O)NCC[S@](=O)c2ccccc2)n(C(C)(C)C)n1. The number of urea groups is 1. The number of aromatic nitrogens is 2. The predicted octanol–water partition coefficient (Wildman–Crippen LogP) is 2.88. The summed E-state index contributed by atoms with van der Waals surface area (Å²) in [6.07, 6.45) is 0. The summed E-state index contributed by atoms with van der Waals surface area (Å²) >= 11 is 0. The van der Waals surface area contributed by atoms with Gasteiger partial charge in [-0.3, -0.25) is 9.53 Å². The summed E-state index contributed by atoms with van der Waals surface area (Å²) in [7, 11) is -1.12. The van der Waals surface area contributed by atoms with Gasteiger partial charge in [0.25, 0.3) is 0 Å². The van der Waals surface area contributed by atoms with Gasteiger partial charge >= 0.3 is 6.03 Å². The molecule has 1 heterocycles. The third-order valence-electron chi connectivity index (χ3n) is 3.29. The van der Waals surface area contributed by atoms with Gasteiger partial charge in [0.1, 0.15) is 5.82 Å². The highest BCUT2D eigenvalue weighted by Gasteiger charge is 2.19. The lowest BCUT2D eigenvalue weighted by Crippen LogP contribution is -2.34. The smallest absolute Gasteiger partial charge is 0.320 e. The van der Waals surface area contributed by atoms with Crippen LogP contribution in [0, 0.1) is 6.92 Å². The molecule has 0 unspecified atom stereocenters. The van der Waals surface area contributed by atoms with Crippen LogP contribution in [0.1, 0.15) is 26.5 Å². The highest BCUT2D eigenvalue weighted by atomic mass is 32.2. The van der Waals surface area contributed by atoms with Gasteiger partial charge in [-0.25, -0.2) is 9.48 Å². The van der Waals surface area contributed by atoms with Gasteiger partial charge in [0.2, 0.25) is 0 Å². The minimum atomic E-state index is -1.12. The maximum atomic E-state index is 12.1. The van der Waals surface area contributed by atoms with Crippen molar-refractivity contribution in [1.29, 1.82) is 0 Å². The maximum absolute atomic E-state index is 12.1. The number of carbonyl (C=O) groups is 1. The van der Waals surface area contributed by atoms with Crippen molar-refractivity contribution in [1.82, 2.24) is 15.1 Å². The second-order valence-electron chi connectivity index (χ2n) is 6.50. The molecule has 1 atom stereocenters. The summed E-state index contributed by atoms with van der Waals surface area (Å²) < 4.78 is 13.9. The number of nitrogens with zero attached hydrogens (tertiary/aromatic N) is 2. The van der Waals surface area contributed by atoms with Crippen molar-refractivity contribution in [3.63, 3.8) is 0 Å². The van der Waals surface area contributed by atoms with Gasteiger partial charge in [-0.15, -0.1) is 0 Å². The highest BCUT2D eigenvalue weighted by Crippen LogP contribution is 2.20. The van der Waals surface area contributed by atoms with E-state index in [2.05, 4.69) is 15.7 Å². The lowest BCUT2D eigenvalue weighted by atomic mass is 10.1. The topological polar surface area (TPSA) is 76.0 Å². The Kier molecular flexibility index (Phi) is 5.77. The predicted molar refractivity (Wildman–Crippen MR) is 96.7 cm³/mol. The third-order valence-corrected chi connectivity index (χ3v) is 4.66. The highest BCUT2D eigenvalue weighted by molar-refractivity contribution is 7.85. The van der Waals surface area contributed by atoms with Crippen molar-refractivity contribution < 1.29 is 9.00 Å². The Morgan fingerprint density at radius 2 is 1.92 bits per heavy atom. The Balaban J connectivity index is 1.87. The van der Waals surface area contributed by atoms with Crippen molar-refractivity contribution in [2.75, 3.05) is 17.6 Å². The van der Waals surface area contributed by atoms with Gasteiger partial charge in [0.05, 0.1) is 22.0 Å². The molecule has 0 saturated heterocycles. The van der Waals surface area contributed by atoms with E-state index < -0.39 is 10.8 Å². The largest absolute Gasteiger partial charge is 0.337 e. The van der Waals surface area contributed by atoms with Crippen molar-refractivity contribution in [2.45, 2.75) is 38.1 Å². The molecular weight excluding hydrogens is 324 g/mol. The van der Waals surface area contributed by atoms with Gasteiger partial charge in [0, 0.05) is 23.3 Å². The Morgan fingerprint density at radius 1 is 1.25 bits per heavy atom. The van der Waals surface area contributed by atoms with E-state index in [0.29, 0.717) is 18.1 Å². The number of rotatable bonds is 5. The van der Waals surface area contributed by atoms with Gasteiger partial charge < -0.3 is 5.32 Å². The standard InChI is InChI=1S/C17H24N4O2S/c1-13-12-15(21(20-13)17(2,3)4)19-16(22)18-10-11-24(23)14-8-6-5-7-9-14/h5-9,12H,10-11H2,1-4H3,(H2,18,19,22)/t24-/m0/s1. The minimum absolute atomic E-state index is 0.230. The van der Waals surface area contributed by atoms with E-state index in [9.17, 15) is 9.00 Å². The van der Waals surface area contributed by atoms with E-state index in [1.54, 1.807) is 4.68 Å². The fraction of sp³-hybridized carbons (Fsp3) is 0.412. The van der Waals surface area contributed by atoms with Crippen LogP contribution in [-0.4, -0.2) is 32.3 Å². The molecule has 1 aromatic carbocycles. The molecule has 0 saturated carbocycles. The Morgan fingerprint density at radius 3 is 2.54 bits per heavy atom. The summed E-state index contributed by atoms with van der Waals surface area (Å²) in [6.45, 7) is 8.27. The summed E-state index contributed by atoms with van der Waals surface area (Å²) in [5.74, 6) is 1.01. The molecule has 130 valence electrons. The van der Waals surface area contributed by atoms with Crippen LogP contribution in [0.2, 0.25) is 0 Å². The molecule has 2 aromatic rings. The van der Waals surface area contributed by atoms with Crippen LogP contribution in [0.3, 0.4) is 0 Å². The average Bonchev–Trinajstić information content (AvgIpc) is 2.88. The first-order valence-electron chi connectivity index (χ1n) is 7.83. The molecule has 24 heavy (non-hydrogen) atoms. The third kappa shape index (κ3) is 4.92. The van der Waals surface area contributed by atoms with Gasteiger partial charge in [-0.2, -0.15) is 5.10 Å². The van der Waals surface area contributed by atoms with Crippen molar-refractivity contribution >= 4 is 22.6 Å². The van der Waals surface area contributed by atoms with E-state index in [4.69, 9.17) is 0 Å². The first kappa shape index (κ1) is 18.2. The molecule has 1 aromatic heterocycles. The second-order valence-corrected chi connectivity index (χ2v) is 8.07. The number of carbonyl (C=O) groups excluding carboxylic acids is 1.